The van der Waals surface area contributed by atoms with Gasteiger partial charge in [-0.25, -0.2) is 4.79 Å². The van der Waals surface area contributed by atoms with Crippen LogP contribution in [0, 0.1) is 13.8 Å². The van der Waals surface area contributed by atoms with Crippen LogP contribution in [0.3, 0.4) is 0 Å². The molecular formula is C12H15NO4. The van der Waals surface area contributed by atoms with Gasteiger partial charge in [0, 0.05) is 6.42 Å². The SMILES string of the molecule is Cc1cc(CC(NC=O)C(=O)O)cc(C)c1O. The maximum Gasteiger partial charge on any atom is 0.326 e. The molecule has 17 heavy (non-hydrogen) atoms. The van der Waals surface area contributed by atoms with Crippen molar-refractivity contribution in [3.8, 4) is 5.75 Å². The number of hydrogen-bond acceptors (Lipinski definition) is 3. The van der Waals surface area contributed by atoms with Gasteiger partial charge in [-0.15, -0.1) is 0 Å². The molecule has 1 atom stereocenters. The van der Waals surface area contributed by atoms with Crippen molar-refractivity contribution in [2.45, 2.75) is 26.3 Å². The minimum atomic E-state index is -1.08. The Morgan fingerprint density at radius 3 is 2.35 bits per heavy atom. The third-order valence-corrected chi connectivity index (χ3v) is 2.56. The summed E-state index contributed by atoms with van der Waals surface area (Å²) in [4.78, 5) is 21.1. The first kappa shape index (κ1) is 13.0. The molecule has 0 aliphatic carbocycles. The second-order valence-corrected chi connectivity index (χ2v) is 3.96. The molecule has 0 fully saturated rings. The van der Waals surface area contributed by atoms with Crippen molar-refractivity contribution in [2.75, 3.05) is 0 Å². The van der Waals surface area contributed by atoms with Crippen LogP contribution in [-0.2, 0) is 16.0 Å². The van der Waals surface area contributed by atoms with Crippen LogP contribution in [0.5, 0.6) is 5.75 Å². The molecule has 0 saturated carbocycles. The van der Waals surface area contributed by atoms with Crippen LogP contribution < -0.4 is 5.32 Å². The summed E-state index contributed by atoms with van der Waals surface area (Å²) in [5.74, 6) is -0.871. The Bertz CT molecular complexity index is 419. The average Bonchev–Trinajstić information content (AvgIpc) is 2.25. The van der Waals surface area contributed by atoms with E-state index in [0.29, 0.717) is 17.5 Å². The molecule has 5 heteroatoms. The molecule has 1 amide bonds. The third-order valence-electron chi connectivity index (χ3n) is 2.56. The van der Waals surface area contributed by atoms with Crippen LogP contribution in [0.4, 0.5) is 0 Å². The normalized spacial score (nSPS) is 11.9. The molecule has 1 aromatic carbocycles. The van der Waals surface area contributed by atoms with Crippen LogP contribution in [-0.4, -0.2) is 28.6 Å². The van der Waals surface area contributed by atoms with Gasteiger partial charge in [0.25, 0.3) is 0 Å². The van der Waals surface area contributed by atoms with Crippen molar-refractivity contribution in [3.05, 3.63) is 28.8 Å². The number of aromatic hydroxyl groups is 1. The lowest BCUT2D eigenvalue weighted by atomic mass is 10.0. The van der Waals surface area contributed by atoms with E-state index in [4.69, 9.17) is 5.11 Å². The van der Waals surface area contributed by atoms with Crippen LogP contribution in [0.2, 0.25) is 0 Å². The molecule has 1 unspecified atom stereocenters. The minimum Gasteiger partial charge on any atom is -0.507 e. The highest BCUT2D eigenvalue weighted by Gasteiger charge is 2.17. The number of nitrogens with one attached hydrogen (secondary N) is 1. The Morgan fingerprint density at radius 1 is 1.41 bits per heavy atom. The average molecular weight is 237 g/mol. The van der Waals surface area contributed by atoms with Gasteiger partial charge < -0.3 is 15.5 Å². The lowest BCUT2D eigenvalue weighted by molar-refractivity contribution is -0.140. The number of carbonyl (C=O) groups is 2. The van der Waals surface area contributed by atoms with Gasteiger partial charge >= 0.3 is 5.97 Å². The molecule has 0 radical (unpaired) electrons. The first-order valence-corrected chi connectivity index (χ1v) is 5.17. The second kappa shape index (κ2) is 5.34. The number of aryl methyl sites for hydroxylation is 2. The van der Waals surface area contributed by atoms with Gasteiger partial charge in [0.1, 0.15) is 11.8 Å². The molecule has 3 N–H and O–H groups in total. The number of amides is 1. The summed E-state index contributed by atoms with van der Waals surface area (Å²) in [6.07, 6.45) is 0.564. The fourth-order valence-corrected chi connectivity index (χ4v) is 1.70. The highest BCUT2D eigenvalue weighted by molar-refractivity contribution is 5.76. The molecule has 0 saturated heterocycles. The maximum atomic E-state index is 10.9. The van der Waals surface area contributed by atoms with Crippen molar-refractivity contribution in [1.82, 2.24) is 5.32 Å². The Labute approximate surface area is 99.1 Å². The lowest BCUT2D eigenvalue weighted by Crippen LogP contribution is -2.37. The summed E-state index contributed by atoms with van der Waals surface area (Å²) in [7, 11) is 0. The zero-order valence-electron chi connectivity index (χ0n) is 9.73. The molecule has 0 aliphatic rings. The predicted octanol–water partition coefficient (Wildman–Crippen LogP) is 0.751. The molecule has 0 aliphatic heterocycles. The van der Waals surface area contributed by atoms with Crippen molar-refractivity contribution < 1.29 is 19.8 Å². The number of carboxylic acid groups (broad SMARTS) is 1. The number of carbonyl (C=O) groups excluding carboxylic acids is 1. The van der Waals surface area contributed by atoms with E-state index < -0.39 is 12.0 Å². The predicted molar refractivity (Wildman–Crippen MR) is 61.9 cm³/mol. The fraction of sp³-hybridized carbons (Fsp3) is 0.333. The number of aliphatic carboxylic acids is 1. The van der Waals surface area contributed by atoms with Crippen LogP contribution in [0.1, 0.15) is 16.7 Å². The number of benzene rings is 1. The van der Waals surface area contributed by atoms with Gasteiger partial charge in [-0.1, -0.05) is 12.1 Å². The monoisotopic (exact) mass is 237 g/mol. The van der Waals surface area contributed by atoms with Crippen molar-refractivity contribution in [2.24, 2.45) is 0 Å². The summed E-state index contributed by atoms with van der Waals surface area (Å²) in [5, 5.41) is 20.7. The molecule has 0 aromatic heterocycles. The summed E-state index contributed by atoms with van der Waals surface area (Å²) < 4.78 is 0. The Hall–Kier alpha value is -2.04. The minimum absolute atomic E-state index is 0.191. The zero-order chi connectivity index (χ0) is 13.0. The Kier molecular flexibility index (Phi) is 4.09. The van der Waals surface area contributed by atoms with E-state index in [1.165, 1.54) is 0 Å². The van der Waals surface area contributed by atoms with Crippen LogP contribution in [0.15, 0.2) is 12.1 Å². The molecule has 1 rings (SSSR count). The van der Waals surface area contributed by atoms with Crippen molar-refractivity contribution >= 4 is 12.4 Å². The van der Waals surface area contributed by atoms with Gasteiger partial charge in [0.15, 0.2) is 0 Å². The van der Waals surface area contributed by atoms with E-state index in [1.54, 1.807) is 26.0 Å². The third kappa shape index (κ3) is 3.21. The van der Waals surface area contributed by atoms with Crippen molar-refractivity contribution in [3.63, 3.8) is 0 Å². The zero-order valence-corrected chi connectivity index (χ0v) is 9.73. The molecular weight excluding hydrogens is 222 g/mol. The van der Waals surface area contributed by atoms with Gasteiger partial charge in [-0.3, -0.25) is 4.79 Å². The Balaban J connectivity index is 2.93. The number of rotatable bonds is 5. The van der Waals surface area contributed by atoms with Gasteiger partial charge in [-0.2, -0.15) is 0 Å². The smallest absolute Gasteiger partial charge is 0.326 e. The number of carboxylic acids is 1. The fourth-order valence-electron chi connectivity index (χ4n) is 1.70. The van der Waals surface area contributed by atoms with Gasteiger partial charge in [0.05, 0.1) is 0 Å². The van der Waals surface area contributed by atoms with Gasteiger partial charge in [-0.05, 0) is 30.5 Å². The largest absolute Gasteiger partial charge is 0.507 e. The quantitative estimate of drug-likeness (QED) is 0.659. The van der Waals surface area contributed by atoms with E-state index >= 15 is 0 Å². The maximum absolute atomic E-state index is 10.9. The van der Waals surface area contributed by atoms with E-state index in [0.717, 1.165) is 5.56 Å². The van der Waals surface area contributed by atoms with Crippen molar-refractivity contribution in [1.29, 1.82) is 0 Å². The first-order valence-electron chi connectivity index (χ1n) is 5.17. The number of hydrogen-bond donors (Lipinski definition) is 3. The second-order valence-electron chi connectivity index (χ2n) is 3.96. The molecule has 0 heterocycles. The standard InChI is InChI=1S/C12H15NO4/c1-7-3-9(4-8(2)11(7)15)5-10(12(16)17)13-6-14/h3-4,6,10,15H,5H2,1-2H3,(H,13,14)(H,16,17). The molecule has 5 nitrogen and oxygen atoms in total. The highest BCUT2D eigenvalue weighted by Crippen LogP contribution is 2.23. The molecule has 92 valence electrons. The highest BCUT2D eigenvalue weighted by atomic mass is 16.4. The van der Waals surface area contributed by atoms with E-state index in [9.17, 15) is 14.7 Å². The topological polar surface area (TPSA) is 86.6 Å². The van der Waals surface area contributed by atoms with Crippen LogP contribution >= 0.6 is 0 Å². The van der Waals surface area contributed by atoms with E-state index in [2.05, 4.69) is 5.32 Å². The Morgan fingerprint density at radius 2 is 1.94 bits per heavy atom. The number of phenols is 1. The molecule has 0 spiro atoms. The molecule has 0 bridgehead atoms. The van der Waals surface area contributed by atoms with E-state index in [1.807, 2.05) is 0 Å². The summed E-state index contributed by atoms with van der Waals surface area (Å²) in [5.41, 5.74) is 2.14. The lowest BCUT2D eigenvalue weighted by Gasteiger charge is -2.13. The van der Waals surface area contributed by atoms with Crippen LogP contribution in [0.25, 0.3) is 0 Å². The number of phenolic OH excluding ortho intramolecular Hbond substituents is 1. The first-order chi connectivity index (χ1) is 7.95. The summed E-state index contributed by atoms with van der Waals surface area (Å²) in [6, 6.07) is 2.48. The summed E-state index contributed by atoms with van der Waals surface area (Å²) in [6.45, 7) is 3.49. The molecule has 1 aromatic rings. The van der Waals surface area contributed by atoms with Gasteiger partial charge in [0.2, 0.25) is 6.41 Å². The summed E-state index contributed by atoms with van der Waals surface area (Å²) >= 11 is 0. The van der Waals surface area contributed by atoms with E-state index in [-0.39, 0.29) is 12.2 Å².